The van der Waals surface area contributed by atoms with Gasteiger partial charge in [0.1, 0.15) is 23.2 Å². The molecule has 1 fully saturated rings. The van der Waals surface area contributed by atoms with Crippen molar-refractivity contribution < 1.29 is 13.9 Å². The number of hydrogen-bond acceptors (Lipinski definition) is 4. The van der Waals surface area contributed by atoms with E-state index < -0.39 is 0 Å². The Hall–Kier alpha value is -4.02. The smallest absolute Gasteiger partial charge is 0.254 e. The van der Waals surface area contributed by atoms with Crippen molar-refractivity contribution in [1.82, 2.24) is 14.3 Å². The van der Waals surface area contributed by atoms with Crippen LogP contribution in [-0.4, -0.2) is 46.5 Å². The van der Waals surface area contributed by atoms with E-state index in [0.717, 1.165) is 5.56 Å². The molecule has 5 rings (SSSR count). The number of benzene rings is 2. The Kier molecular flexibility index (Phi) is 5.37. The maximum absolute atomic E-state index is 14.8. The third-order valence-electron chi connectivity index (χ3n) is 5.87. The van der Waals surface area contributed by atoms with E-state index in [2.05, 4.69) is 6.07 Å². The number of pyridine rings is 1. The minimum atomic E-state index is -0.330. The Morgan fingerprint density at radius 2 is 1.82 bits per heavy atom. The van der Waals surface area contributed by atoms with Gasteiger partial charge in [0.15, 0.2) is 5.69 Å². The number of morpholine rings is 1. The molecule has 0 saturated carbocycles. The number of halogens is 1. The molecule has 0 aliphatic carbocycles. The number of ether oxygens (including phenoxy) is 1. The lowest BCUT2D eigenvalue weighted by molar-refractivity contribution is 0.0303. The van der Waals surface area contributed by atoms with Crippen LogP contribution >= 0.6 is 0 Å². The molecule has 0 atom stereocenters. The normalized spacial score (nSPS) is 13.8. The van der Waals surface area contributed by atoms with Crippen LogP contribution in [0, 0.1) is 24.1 Å². The first-order chi connectivity index (χ1) is 16.1. The van der Waals surface area contributed by atoms with Crippen LogP contribution < -0.4 is 0 Å². The number of nitriles is 1. The van der Waals surface area contributed by atoms with Gasteiger partial charge in [-0.05, 0) is 36.2 Å². The highest BCUT2D eigenvalue weighted by molar-refractivity contribution is 5.95. The molecule has 3 heterocycles. The standard InChI is InChI=1S/C26H21FN4O2/c1-17-6-7-20(22(27)14-17)19-4-2-3-5-21(19)25-23(16-28)31-9-8-18(15-24(31)29-25)26(32)30-10-12-33-13-11-30/h2-9,14-15H,10-13H2,1H3. The third kappa shape index (κ3) is 3.75. The first-order valence-electron chi connectivity index (χ1n) is 10.7. The molecule has 2 aromatic carbocycles. The Morgan fingerprint density at radius 1 is 1.06 bits per heavy atom. The predicted octanol–water partition coefficient (Wildman–Crippen LogP) is 4.46. The lowest BCUT2D eigenvalue weighted by atomic mass is 9.96. The maximum atomic E-state index is 14.8. The minimum absolute atomic E-state index is 0.0917. The van der Waals surface area contributed by atoms with Crippen LogP contribution in [0.1, 0.15) is 21.6 Å². The van der Waals surface area contributed by atoms with Crippen molar-refractivity contribution in [2.45, 2.75) is 6.92 Å². The summed E-state index contributed by atoms with van der Waals surface area (Å²) in [5.41, 5.74) is 4.35. The molecule has 33 heavy (non-hydrogen) atoms. The van der Waals surface area contributed by atoms with Crippen LogP contribution in [0.5, 0.6) is 0 Å². The number of amides is 1. The summed E-state index contributed by atoms with van der Waals surface area (Å²) in [4.78, 5) is 19.4. The largest absolute Gasteiger partial charge is 0.378 e. The van der Waals surface area contributed by atoms with E-state index in [1.165, 1.54) is 6.07 Å². The Bertz CT molecular complexity index is 1410. The second-order valence-corrected chi connectivity index (χ2v) is 8.00. The van der Waals surface area contributed by atoms with E-state index in [4.69, 9.17) is 9.72 Å². The highest BCUT2D eigenvalue weighted by atomic mass is 19.1. The molecule has 0 unspecified atom stereocenters. The van der Waals surface area contributed by atoms with Crippen molar-refractivity contribution in [3.05, 3.63) is 83.4 Å². The zero-order chi connectivity index (χ0) is 22.9. The van der Waals surface area contributed by atoms with Gasteiger partial charge in [-0.2, -0.15) is 5.26 Å². The van der Waals surface area contributed by atoms with Gasteiger partial charge in [-0.15, -0.1) is 0 Å². The van der Waals surface area contributed by atoms with Gasteiger partial charge in [0, 0.05) is 36.0 Å². The van der Waals surface area contributed by atoms with Crippen LogP contribution in [0.25, 0.3) is 28.0 Å². The lowest BCUT2D eigenvalue weighted by Gasteiger charge is -2.26. The van der Waals surface area contributed by atoms with Crippen LogP contribution in [0.15, 0.2) is 60.8 Å². The molecule has 6 nitrogen and oxygen atoms in total. The van der Waals surface area contributed by atoms with Crippen LogP contribution in [-0.2, 0) is 4.74 Å². The van der Waals surface area contributed by atoms with Gasteiger partial charge in [-0.3, -0.25) is 9.20 Å². The van der Waals surface area contributed by atoms with Gasteiger partial charge in [-0.25, -0.2) is 9.37 Å². The molecule has 0 bridgehead atoms. The number of carbonyl (C=O) groups is 1. The number of aromatic nitrogens is 2. The van der Waals surface area contributed by atoms with Crippen LogP contribution in [0.3, 0.4) is 0 Å². The highest BCUT2D eigenvalue weighted by Gasteiger charge is 2.22. The number of nitrogens with zero attached hydrogens (tertiary/aromatic N) is 4. The maximum Gasteiger partial charge on any atom is 0.254 e. The summed E-state index contributed by atoms with van der Waals surface area (Å²) in [6.07, 6.45) is 1.69. The van der Waals surface area contributed by atoms with Gasteiger partial charge in [-0.1, -0.05) is 36.4 Å². The van der Waals surface area contributed by atoms with Crippen LogP contribution in [0.2, 0.25) is 0 Å². The lowest BCUT2D eigenvalue weighted by Crippen LogP contribution is -2.40. The Morgan fingerprint density at radius 3 is 2.55 bits per heavy atom. The summed E-state index contributed by atoms with van der Waals surface area (Å²) in [6.45, 7) is 3.97. The molecule has 4 aromatic rings. The van der Waals surface area contributed by atoms with Gasteiger partial charge in [0.05, 0.1) is 13.2 Å². The number of imidazole rings is 1. The molecular weight excluding hydrogens is 419 g/mol. The molecule has 1 aliphatic rings. The molecule has 0 radical (unpaired) electrons. The van der Waals surface area contributed by atoms with E-state index in [9.17, 15) is 14.4 Å². The molecule has 0 N–H and O–H groups in total. The SMILES string of the molecule is Cc1ccc(-c2ccccc2-c2nc3cc(C(=O)N4CCOCC4)ccn3c2C#N)c(F)c1. The molecule has 1 aliphatic heterocycles. The highest BCUT2D eigenvalue weighted by Crippen LogP contribution is 2.35. The molecule has 2 aromatic heterocycles. The molecule has 1 saturated heterocycles. The average Bonchev–Trinajstić information content (AvgIpc) is 3.22. The van der Waals surface area contributed by atoms with Crippen molar-refractivity contribution in [2.75, 3.05) is 26.3 Å². The zero-order valence-corrected chi connectivity index (χ0v) is 18.1. The third-order valence-corrected chi connectivity index (χ3v) is 5.87. The van der Waals surface area contributed by atoms with Crippen molar-refractivity contribution >= 4 is 11.6 Å². The fourth-order valence-corrected chi connectivity index (χ4v) is 4.18. The van der Waals surface area contributed by atoms with Crippen LogP contribution in [0.4, 0.5) is 4.39 Å². The van der Waals surface area contributed by atoms with E-state index in [1.807, 2.05) is 37.3 Å². The Labute approximate surface area is 190 Å². The van der Waals surface area contributed by atoms with Gasteiger partial charge in [0.25, 0.3) is 5.91 Å². The van der Waals surface area contributed by atoms with E-state index in [0.29, 0.717) is 65.6 Å². The summed E-state index contributed by atoms with van der Waals surface area (Å²) in [5.74, 6) is -0.422. The van der Waals surface area contributed by atoms with Gasteiger partial charge < -0.3 is 9.64 Å². The van der Waals surface area contributed by atoms with Crippen molar-refractivity contribution in [3.63, 3.8) is 0 Å². The first kappa shape index (κ1) is 20.9. The molecule has 7 heteroatoms. The Balaban J connectivity index is 1.62. The molecule has 164 valence electrons. The fraction of sp³-hybridized carbons (Fsp3) is 0.192. The number of rotatable bonds is 3. The first-order valence-corrected chi connectivity index (χ1v) is 10.7. The summed E-state index contributed by atoms with van der Waals surface area (Å²) < 4.78 is 21.8. The zero-order valence-electron chi connectivity index (χ0n) is 18.1. The second kappa shape index (κ2) is 8.49. The number of carbonyl (C=O) groups excluding carboxylic acids is 1. The van der Waals surface area contributed by atoms with E-state index in [-0.39, 0.29) is 11.7 Å². The molecule has 0 spiro atoms. The number of aryl methyl sites for hydroxylation is 1. The second-order valence-electron chi connectivity index (χ2n) is 8.00. The van der Waals surface area contributed by atoms with Crippen molar-refractivity contribution in [3.8, 4) is 28.5 Å². The number of hydrogen-bond donors (Lipinski definition) is 0. The monoisotopic (exact) mass is 440 g/mol. The fourth-order valence-electron chi connectivity index (χ4n) is 4.18. The average molecular weight is 440 g/mol. The van der Waals surface area contributed by atoms with Gasteiger partial charge in [0.2, 0.25) is 0 Å². The number of fused-ring (bicyclic) bond motifs is 1. The van der Waals surface area contributed by atoms with Gasteiger partial charge >= 0.3 is 0 Å². The van der Waals surface area contributed by atoms with Crippen molar-refractivity contribution in [1.29, 1.82) is 5.26 Å². The summed E-state index contributed by atoms with van der Waals surface area (Å²) in [5, 5.41) is 9.93. The predicted molar refractivity (Wildman–Crippen MR) is 122 cm³/mol. The molecular formula is C26H21FN4O2. The summed E-state index contributed by atoms with van der Waals surface area (Å²) >= 11 is 0. The quantitative estimate of drug-likeness (QED) is 0.472. The van der Waals surface area contributed by atoms with E-state index >= 15 is 0 Å². The minimum Gasteiger partial charge on any atom is -0.378 e. The summed E-state index contributed by atoms with van der Waals surface area (Å²) in [6, 6.07) is 18.0. The van der Waals surface area contributed by atoms with Crippen molar-refractivity contribution in [2.24, 2.45) is 0 Å². The topological polar surface area (TPSA) is 70.6 Å². The molecule has 1 amide bonds. The summed E-state index contributed by atoms with van der Waals surface area (Å²) in [7, 11) is 0. The van der Waals surface area contributed by atoms with E-state index in [1.54, 1.807) is 33.7 Å².